The molecule has 1 aliphatic heterocycles. The van der Waals surface area contributed by atoms with Gasteiger partial charge in [0.05, 0.1) is 5.92 Å². The Balaban J connectivity index is 2.86. The second-order valence-electron chi connectivity index (χ2n) is 8.39. The van der Waals surface area contributed by atoms with Crippen LogP contribution in [0.4, 0.5) is 0 Å². The van der Waals surface area contributed by atoms with Crippen molar-refractivity contribution in [2.75, 3.05) is 7.05 Å². The topological polar surface area (TPSA) is 46.6 Å². The van der Waals surface area contributed by atoms with Gasteiger partial charge < -0.3 is 9.64 Å². The maximum atomic E-state index is 12.4. The molecule has 3 atom stereocenters. The molecule has 0 bridgehead atoms. The third kappa shape index (κ3) is 7.06. The highest BCUT2D eigenvalue weighted by atomic mass is 16.5. The molecule has 0 radical (unpaired) electrons. The number of carbonyl (C=O) groups excluding carboxylic acids is 2. The van der Waals surface area contributed by atoms with Crippen molar-refractivity contribution >= 4 is 11.9 Å². The Morgan fingerprint density at radius 2 is 1.83 bits per heavy atom. The summed E-state index contributed by atoms with van der Waals surface area (Å²) >= 11 is 0. The van der Waals surface area contributed by atoms with E-state index >= 15 is 0 Å². The lowest BCUT2D eigenvalue weighted by Gasteiger charge is -2.33. The van der Waals surface area contributed by atoms with E-state index in [1.54, 1.807) is 11.9 Å². The van der Waals surface area contributed by atoms with E-state index in [2.05, 4.69) is 27.7 Å². The molecule has 0 saturated heterocycles. The molecule has 4 heteroatoms. The minimum atomic E-state index is -0.124. The number of allylic oxidation sites excluding steroid dienone is 1. The summed E-state index contributed by atoms with van der Waals surface area (Å²) in [5.74, 6) is 0.355. The summed E-state index contributed by atoms with van der Waals surface area (Å²) in [5, 5.41) is 0. The van der Waals surface area contributed by atoms with Gasteiger partial charge in [-0.3, -0.25) is 9.59 Å². The molecular formula is C20H35NO3. The van der Waals surface area contributed by atoms with Gasteiger partial charge in [0.2, 0.25) is 5.91 Å². The van der Waals surface area contributed by atoms with Gasteiger partial charge in [0.15, 0.2) is 0 Å². The lowest BCUT2D eigenvalue weighted by molar-refractivity contribution is -0.160. The molecule has 0 N–H and O–H groups in total. The largest absolute Gasteiger partial charge is 0.462 e. The standard InChI is InChI=1S/C20H35NO3/c1-15-10-9-12-18(22)21(6)13-8-7-11-16(2)19(23)24-17(14-15)20(3,4)5/h8,13,15-17H,7,9-12,14H2,1-6H3/b13-8+/t15-,16-,17-/m0/s1. The molecule has 0 aliphatic carbocycles. The fourth-order valence-corrected chi connectivity index (χ4v) is 2.88. The fourth-order valence-electron chi connectivity index (χ4n) is 2.88. The summed E-state index contributed by atoms with van der Waals surface area (Å²) in [6, 6.07) is 0. The van der Waals surface area contributed by atoms with Gasteiger partial charge >= 0.3 is 5.97 Å². The molecular weight excluding hydrogens is 302 g/mol. The molecule has 1 aliphatic rings. The molecule has 0 aromatic rings. The number of ether oxygens (including phenoxy) is 1. The number of hydrogen-bond acceptors (Lipinski definition) is 3. The first-order valence-electron chi connectivity index (χ1n) is 9.24. The molecule has 0 saturated carbocycles. The van der Waals surface area contributed by atoms with Crippen LogP contribution in [-0.4, -0.2) is 29.9 Å². The fraction of sp³-hybridized carbons (Fsp3) is 0.800. The summed E-state index contributed by atoms with van der Waals surface area (Å²) in [5.41, 5.74) is -0.0759. The van der Waals surface area contributed by atoms with Gasteiger partial charge in [-0.05, 0) is 37.0 Å². The van der Waals surface area contributed by atoms with Gasteiger partial charge in [0.25, 0.3) is 0 Å². The zero-order valence-electron chi connectivity index (χ0n) is 16.3. The molecule has 0 aromatic heterocycles. The zero-order chi connectivity index (χ0) is 18.3. The van der Waals surface area contributed by atoms with Gasteiger partial charge in [-0.25, -0.2) is 0 Å². The van der Waals surface area contributed by atoms with Crippen molar-refractivity contribution in [1.29, 1.82) is 0 Å². The van der Waals surface area contributed by atoms with Crippen LogP contribution in [0.1, 0.15) is 73.1 Å². The highest BCUT2D eigenvalue weighted by molar-refractivity contribution is 5.76. The number of amides is 1. The maximum absolute atomic E-state index is 12.4. The van der Waals surface area contributed by atoms with E-state index in [1.165, 1.54) is 0 Å². The van der Waals surface area contributed by atoms with Gasteiger partial charge in [-0.1, -0.05) is 47.1 Å². The monoisotopic (exact) mass is 337 g/mol. The summed E-state index contributed by atoms with van der Waals surface area (Å²) < 4.78 is 5.88. The molecule has 24 heavy (non-hydrogen) atoms. The zero-order valence-corrected chi connectivity index (χ0v) is 16.3. The molecule has 0 aromatic carbocycles. The third-order valence-corrected chi connectivity index (χ3v) is 4.82. The van der Waals surface area contributed by atoms with Crippen molar-refractivity contribution in [3.05, 3.63) is 12.3 Å². The number of rotatable bonds is 0. The Bertz CT molecular complexity index is 450. The van der Waals surface area contributed by atoms with Crippen LogP contribution in [0, 0.1) is 17.3 Å². The molecule has 0 spiro atoms. The van der Waals surface area contributed by atoms with E-state index in [9.17, 15) is 9.59 Å². The maximum Gasteiger partial charge on any atom is 0.308 e. The molecule has 1 amide bonds. The summed E-state index contributed by atoms with van der Waals surface area (Å²) in [7, 11) is 1.80. The van der Waals surface area contributed by atoms with Gasteiger partial charge in [-0.15, -0.1) is 0 Å². The van der Waals surface area contributed by atoms with E-state index in [-0.39, 0.29) is 29.3 Å². The van der Waals surface area contributed by atoms with Crippen LogP contribution in [0.2, 0.25) is 0 Å². The molecule has 4 nitrogen and oxygen atoms in total. The first-order valence-corrected chi connectivity index (χ1v) is 9.24. The first-order chi connectivity index (χ1) is 11.1. The third-order valence-electron chi connectivity index (χ3n) is 4.82. The second-order valence-corrected chi connectivity index (χ2v) is 8.39. The van der Waals surface area contributed by atoms with Crippen molar-refractivity contribution in [2.45, 2.75) is 79.2 Å². The Morgan fingerprint density at radius 3 is 2.46 bits per heavy atom. The predicted octanol–water partition coefficient (Wildman–Crippen LogP) is 4.54. The normalized spacial score (nSPS) is 30.2. The highest BCUT2D eigenvalue weighted by Gasteiger charge is 2.31. The lowest BCUT2D eigenvalue weighted by atomic mass is 9.82. The van der Waals surface area contributed by atoms with Crippen molar-refractivity contribution in [2.24, 2.45) is 17.3 Å². The van der Waals surface area contributed by atoms with Crippen molar-refractivity contribution < 1.29 is 14.3 Å². The average molecular weight is 338 g/mol. The van der Waals surface area contributed by atoms with Crippen LogP contribution >= 0.6 is 0 Å². The first kappa shape index (κ1) is 20.7. The van der Waals surface area contributed by atoms with Gasteiger partial charge in [-0.2, -0.15) is 0 Å². The van der Waals surface area contributed by atoms with Crippen LogP contribution < -0.4 is 0 Å². The van der Waals surface area contributed by atoms with Crippen LogP contribution in [-0.2, 0) is 14.3 Å². The summed E-state index contributed by atoms with van der Waals surface area (Å²) in [6.45, 7) is 10.5. The Kier molecular flexibility index (Phi) is 7.98. The van der Waals surface area contributed by atoms with E-state index in [0.717, 1.165) is 32.1 Å². The highest BCUT2D eigenvalue weighted by Crippen LogP contribution is 2.30. The Hall–Kier alpha value is -1.32. The van der Waals surface area contributed by atoms with Crippen molar-refractivity contribution in [3.8, 4) is 0 Å². The number of esters is 1. The minimum absolute atomic E-state index is 0.0759. The van der Waals surface area contributed by atoms with Crippen LogP contribution in [0.15, 0.2) is 12.3 Å². The molecule has 1 rings (SSSR count). The predicted molar refractivity (Wildman–Crippen MR) is 97.3 cm³/mol. The Labute approximate surface area is 147 Å². The second kappa shape index (κ2) is 9.24. The lowest BCUT2D eigenvalue weighted by Crippen LogP contribution is -2.35. The van der Waals surface area contributed by atoms with Crippen molar-refractivity contribution in [3.63, 3.8) is 0 Å². The number of nitrogens with zero attached hydrogens (tertiary/aromatic N) is 1. The smallest absolute Gasteiger partial charge is 0.308 e. The van der Waals surface area contributed by atoms with Crippen molar-refractivity contribution in [1.82, 2.24) is 4.90 Å². The van der Waals surface area contributed by atoms with Gasteiger partial charge in [0.1, 0.15) is 6.10 Å². The summed E-state index contributed by atoms with van der Waals surface area (Å²) in [6.07, 6.45) is 8.48. The number of hydrogen-bond donors (Lipinski definition) is 0. The van der Waals surface area contributed by atoms with Gasteiger partial charge in [0, 0.05) is 19.7 Å². The number of carbonyl (C=O) groups is 2. The van der Waals surface area contributed by atoms with Crippen LogP contribution in [0.5, 0.6) is 0 Å². The SMILES string of the molecule is C[C@H]1CCCC(=O)N(C)/C=C/CC[C@H](C)C(=O)O[C@H](C(C)(C)C)C1. The molecule has 138 valence electrons. The van der Waals surface area contributed by atoms with E-state index < -0.39 is 0 Å². The minimum Gasteiger partial charge on any atom is -0.462 e. The van der Waals surface area contributed by atoms with E-state index in [4.69, 9.17) is 4.74 Å². The van der Waals surface area contributed by atoms with E-state index in [1.807, 2.05) is 19.2 Å². The molecule has 1 heterocycles. The quantitative estimate of drug-likeness (QED) is 0.610. The van der Waals surface area contributed by atoms with Crippen LogP contribution in [0.3, 0.4) is 0 Å². The van der Waals surface area contributed by atoms with Crippen LogP contribution in [0.25, 0.3) is 0 Å². The number of cyclic esters (lactones) is 1. The van der Waals surface area contributed by atoms with E-state index in [0.29, 0.717) is 12.3 Å². The molecule has 0 fully saturated rings. The summed E-state index contributed by atoms with van der Waals surface area (Å²) in [4.78, 5) is 26.2. The average Bonchev–Trinajstić information content (AvgIpc) is 2.48. The Morgan fingerprint density at radius 1 is 1.17 bits per heavy atom. The molecule has 0 unspecified atom stereocenters.